The first-order chi connectivity index (χ1) is 15.5. The fraction of sp³-hybridized carbons (Fsp3) is 0.304. The summed E-state index contributed by atoms with van der Waals surface area (Å²) in [6, 6.07) is 11.3. The molecule has 5 rings (SSSR count). The quantitative estimate of drug-likeness (QED) is 0.421. The Bertz CT molecular complexity index is 1250. The zero-order chi connectivity index (χ0) is 22.1. The molecule has 1 fully saturated rings. The van der Waals surface area contributed by atoms with Gasteiger partial charge in [-0.2, -0.15) is 4.98 Å². The lowest BCUT2D eigenvalue weighted by Crippen LogP contribution is -2.38. The molecule has 0 radical (unpaired) electrons. The Morgan fingerprint density at radius 2 is 1.91 bits per heavy atom. The second kappa shape index (κ2) is 8.70. The van der Waals surface area contributed by atoms with Crippen molar-refractivity contribution in [1.82, 2.24) is 20.0 Å². The number of hydrogen-bond acceptors (Lipinski definition) is 6. The Morgan fingerprint density at radius 3 is 2.69 bits per heavy atom. The Balaban J connectivity index is 1.14. The number of nitrogens with zero attached hydrogens (tertiary/aromatic N) is 4. The maximum atomic E-state index is 13.1. The molecule has 4 aromatic rings. The average Bonchev–Trinajstić information content (AvgIpc) is 3.45. The highest BCUT2D eigenvalue weighted by Gasteiger charge is 2.27. The number of carbonyl (C=O) groups is 1. The lowest BCUT2D eigenvalue weighted by Gasteiger charge is -2.30. The van der Waals surface area contributed by atoms with Crippen LogP contribution in [0.15, 0.2) is 51.4 Å². The third-order valence-electron chi connectivity index (χ3n) is 5.69. The van der Waals surface area contributed by atoms with Crippen molar-refractivity contribution in [2.45, 2.75) is 31.6 Å². The summed E-state index contributed by atoms with van der Waals surface area (Å²) in [4.78, 5) is 23.4. The fourth-order valence-corrected chi connectivity index (χ4v) is 4.08. The number of halogens is 2. The molecular weight excluding hydrogens is 435 g/mol. The molecule has 1 amide bonds. The first-order valence-electron chi connectivity index (χ1n) is 10.5. The number of aromatic nitrogens is 3. The molecule has 32 heavy (non-hydrogen) atoms. The number of piperidine rings is 1. The molecule has 0 unspecified atom stereocenters. The Kier molecular flexibility index (Phi) is 5.61. The van der Waals surface area contributed by atoms with Crippen LogP contribution >= 0.6 is 11.6 Å². The van der Waals surface area contributed by atoms with Crippen molar-refractivity contribution in [3.05, 3.63) is 65.1 Å². The maximum absolute atomic E-state index is 13.1. The van der Waals surface area contributed by atoms with Crippen molar-refractivity contribution in [2.24, 2.45) is 0 Å². The summed E-state index contributed by atoms with van der Waals surface area (Å²) in [5, 5.41) is 4.54. The molecule has 7 nitrogen and oxygen atoms in total. The molecule has 1 aliphatic rings. The highest BCUT2D eigenvalue weighted by atomic mass is 35.5. The van der Waals surface area contributed by atoms with E-state index in [2.05, 4.69) is 15.1 Å². The van der Waals surface area contributed by atoms with Crippen LogP contribution in [-0.4, -0.2) is 39.0 Å². The van der Waals surface area contributed by atoms with E-state index < -0.39 is 0 Å². The number of fused-ring (bicyclic) bond motifs is 1. The zero-order valence-electron chi connectivity index (χ0n) is 17.1. The topological polar surface area (TPSA) is 85.3 Å². The molecule has 9 heteroatoms. The van der Waals surface area contributed by atoms with Crippen LogP contribution < -0.4 is 0 Å². The highest BCUT2D eigenvalue weighted by molar-refractivity contribution is 6.31. The van der Waals surface area contributed by atoms with Crippen molar-refractivity contribution in [3.8, 4) is 11.4 Å². The molecule has 0 saturated carbocycles. The molecular formula is C23H20ClFN4O3. The van der Waals surface area contributed by atoms with E-state index in [0.29, 0.717) is 47.7 Å². The van der Waals surface area contributed by atoms with Gasteiger partial charge in [-0.3, -0.25) is 4.79 Å². The van der Waals surface area contributed by atoms with Crippen LogP contribution in [0.3, 0.4) is 0 Å². The van der Waals surface area contributed by atoms with Gasteiger partial charge in [-0.1, -0.05) is 16.8 Å². The first-order valence-corrected chi connectivity index (χ1v) is 10.9. The van der Waals surface area contributed by atoms with Crippen LogP contribution in [0.5, 0.6) is 0 Å². The van der Waals surface area contributed by atoms with Gasteiger partial charge < -0.3 is 13.8 Å². The largest absolute Gasteiger partial charge is 0.440 e. The Morgan fingerprint density at radius 1 is 1.12 bits per heavy atom. The molecule has 0 N–H and O–H groups in total. The van der Waals surface area contributed by atoms with Crippen LogP contribution in [0.4, 0.5) is 4.39 Å². The summed E-state index contributed by atoms with van der Waals surface area (Å²) in [5.74, 6) is 1.38. The number of hydrogen-bond donors (Lipinski definition) is 0. The van der Waals surface area contributed by atoms with Gasteiger partial charge in [-0.25, -0.2) is 9.37 Å². The third kappa shape index (κ3) is 4.36. The van der Waals surface area contributed by atoms with Gasteiger partial charge in [0.15, 0.2) is 11.5 Å². The van der Waals surface area contributed by atoms with Gasteiger partial charge in [0.2, 0.25) is 17.6 Å². The van der Waals surface area contributed by atoms with E-state index in [9.17, 15) is 9.18 Å². The second-order valence-electron chi connectivity index (χ2n) is 7.84. The molecule has 2 aromatic carbocycles. The molecule has 1 saturated heterocycles. The number of carbonyl (C=O) groups excluding carboxylic acids is 1. The van der Waals surface area contributed by atoms with Crippen molar-refractivity contribution in [2.75, 3.05) is 13.1 Å². The van der Waals surface area contributed by atoms with E-state index >= 15 is 0 Å². The highest BCUT2D eigenvalue weighted by Crippen LogP contribution is 2.31. The molecule has 2 aromatic heterocycles. The number of aryl methyl sites for hydroxylation is 1. The van der Waals surface area contributed by atoms with E-state index in [1.807, 2.05) is 11.0 Å². The Hall–Kier alpha value is -3.26. The normalized spacial score (nSPS) is 14.9. The molecule has 1 aliphatic heterocycles. The van der Waals surface area contributed by atoms with Gasteiger partial charge in [-0.15, -0.1) is 0 Å². The van der Waals surface area contributed by atoms with Crippen LogP contribution in [0.1, 0.15) is 37.0 Å². The minimum atomic E-state index is -0.327. The maximum Gasteiger partial charge on any atom is 0.227 e. The van der Waals surface area contributed by atoms with Crippen molar-refractivity contribution < 1.29 is 18.1 Å². The van der Waals surface area contributed by atoms with E-state index in [1.54, 1.807) is 24.3 Å². The SMILES string of the molecule is O=C(CCc1nc(-c2ccc(F)cc2)no1)N1CCC(c2nc3cc(Cl)ccc3o2)CC1. The predicted octanol–water partition coefficient (Wildman–Crippen LogP) is 5.01. The predicted molar refractivity (Wildman–Crippen MR) is 116 cm³/mol. The number of amides is 1. The molecule has 164 valence electrons. The first kappa shape index (κ1) is 20.6. The molecule has 0 bridgehead atoms. The summed E-state index contributed by atoms with van der Waals surface area (Å²) in [6.07, 6.45) is 2.24. The molecule has 3 heterocycles. The third-order valence-corrected chi connectivity index (χ3v) is 5.92. The van der Waals surface area contributed by atoms with Crippen LogP contribution in [-0.2, 0) is 11.2 Å². The summed E-state index contributed by atoms with van der Waals surface area (Å²) < 4.78 is 24.2. The Labute approximate surface area is 188 Å². The van der Waals surface area contributed by atoms with Gasteiger partial charge in [-0.05, 0) is 55.3 Å². The molecule has 0 spiro atoms. The minimum absolute atomic E-state index is 0.0503. The van der Waals surface area contributed by atoms with Gasteiger partial charge in [0, 0.05) is 42.4 Å². The van der Waals surface area contributed by atoms with E-state index in [1.165, 1.54) is 12.1 Å². The number of oxazole rings is 1. The fourth-order valence-electron chi connectivity index (χ4n) is 3.91. The van der Waals surface area contributed by atoms with Crippen molar-refractivity contribution in [1.29, 1.82) is 0 Å². The zero-order valence-corrected chi connectivity index (χ0v) is 17.9. The summed E-state index contributed by atoms with van der Waals surface area (Å²) in [6.45, 7) is 1.29. The van der Waals surface area contributed by atoms with Crippen LogP contribution in [0.2, 0.25) is 5.02 Å². The van der Waals surface area contributed by atoms with Gasteiger partial charge >= 0.3 is 0 Å². The smallest absolute Gasteiger partial charge is 0.227 e. The second-order valence-corrected chi connectivity index (χ2v) is 8.27. The number of rotatable bonds is 5. The minimum Gasteiger partial charge on any atom is -0.440 e. The van der Waals surface area contributed by atoms with E-state index in [0.717, 1.165) is 23.9 Å². The standard InChI is InChI=1S/C23H20ClFN4O3/c24-16-3-6-19-18(13-16)26-23(31-19)15-9-11-29(12-10-15)21(30)8-7-20-27-22(28-32-20)14-1-4-17(25)5-2-14/h1-6,13,15H,7-12H2. The van der Waals surface area contributed by atoms with Crippen LogP contribution in [0, 0.1) is 5.82 Å². The summed E-state index contributed by atoms with van der Waals surface area (Å²) >= 11 is 6.03. The van der Waals surface area contributed by atoms with E-state index in [-0.39, 0.29) is 24.1 Å². The average molecular weight is 455 g/mol. The lowest BCUT2D eigenvalue weighted by molar-refractivity contribution is -0.132. The van der Waals surface area contributed by atoms with Gasteiger partial charge in [0.25, 0.3) is 0 Å². The summed E-state index contributed by atoms with van der Waals surface area (Å²) in [7, 11) is 0. The van der Waals surface area contributed by atoms with Crippen molar-refractivity contribution in [3.63, 3.8) is 0 Å². The van der Waals surface area contributed by atoms with E-state index in [4.69, 9.17) is 20.5 Å². The number of likely N-dealkylation sites (tertiary alicyclic amines) is 1. The van der Waals surface area contributed by atoms with Crippen molar-refractivity contribution >= 4 is 28.6 Å². The summed E-state index contributed by atoms with van der Waals surface area (Å²) in [5.41, 5.74) is 2.14. The van der Waals surface area contributed by atoms with Crippen LogP contribution in [0.25, 0.3) is 22.5 Å². The van der Waals surface area contributed by atoms with Gasteiger partial charge in [0.1, 0.15) is 11.3 Å². The lowest BCUT2D eigenvalue weighted by atomic mass is 9.96. The monoisotopic (exact) mass is 454 g/mol. The number of benzene rings is 2. The molecule has 0 aliphatic carbocycles. The molecule has 0 atom stereocenters. The van der Waals surface area contributed by atoms with Gasteiger partial charge in [0.05, 0.1) is 0 Å².